The Hall–Kier alpha value is -3.09. The second-order valence-electron chi connectivity index (χ2n) is 8.75. The van der Waals surface area contributed by atoms with Gasteiger partial charge in [-0.2, -0.15) is 13.2 Å². The van der Waals surface area contributed by atoms with Gasteiger partial charge in [-0.3, -0.25) is 0 Å². The molecule has 2 aliphatic rings. The van der Waals surface area contributed by atoms with Crippen molar-refractivity contribution in [3.8, 4) is 0 Å². The maximum Gasteiger partial charge on any atom is 0.410 e. The van der Waals surface area contributed by atoms with Crippen LogP contribution in [0.25, 0.3) is 11.1 Å². The summed E-state index contributed by atoms with van der Waals surface area (Å²) in [5.74, 6) is -0.0881. The summed E-state index contributed by atoms with van der Waals surface area (Å²) in [6.45, 7) is -0.953. The van der Waals surface area contributed by atoms with Crippen molar-refractivity contribution in [2.45, 2.75) is 62.6 Å². The van der Waals surface area contributed by atoms with Crippen LogP contribution in [0.15, 0.2) is 16.5 Å². The zero-order valence-electron chi connectivity index (χ0n) is 18.9. The minimum Gasteiger partial charge on any atom is -0.440 e. The number of nitrogens with one attached hydrogen (secondary N) is 1. The molecule has 2 heterocycles. The minimum absolute atomic E-state index is 0.0650. The maximum absolute atomic E-state index is 13.9. The maximum atomic E-state index is 13.9. The molecular weight excluding hydrogens is 476 g/mol. The van der Waals surface area contributed by atoms with E-state index in [-0.39, 0.29) is 25.0 Å². The van der Waals surface area contributed by atoms with Crippen molar-refractivity contribution in [3.63, 3.8) is 0 Å². The second kappa shape index (κ2) is 9.88. The van der Waals surface area contributed by atoms with E-state index in [2.05, 4.69) is 4.98 Å². The summed E-state index contributed by atoms with van der Waals surface area (Å²) in [7, 11) is 1.39. The molecule has 9 nitrogen and oxygen atoms in total. The molecule has 1 saturated carbocycles. The van der Waals surface area contributed by atoms with Gasteiger partial charge in [0.05, 0.1) is 19.2 Å². The number of fused-ring (bicyclic) bond motifs is 1. The molecule has 0 unspecified atom stereocenters. The highest BCUT2D eigenvalue weighted by Gasteiger charge is 2.49. The molecule has 2 aromatic rings. The van der Waals surface area contributed by atoms with E-state index in [1.165, 1.54) is 7.11 Å². The molecule has 1 aliphatic heterocycles. The molecule has 1 aromatic carbocycles. The molecule has 2 fully saturated rings. The number of benzene rings is 1. The van der Waals surface area contributed by atoms with Crippen LogP contribution in [0.1, 0.15) is 54.7 Å². The van der Waals surface area contributed by atoms with Crippen molar-refractivity contribution in [3.05, 3.63) is 29.2 Å². The molecule has 35 heavy (non-hydrogen) atoms. The van der Waals surface area contributed by atoms with Crippen LogP contribution in [0.2, 0.25) is 0 Å². The molecule has 0 spiro atoms. The Bertz CT molecular complexity index is 1080. The van der Waals surface area contributed by atoms with Crippen LogP contribution >= 0.6 is 0 Å². The van der Waals surface area contributed by atoms with Crippen molar-refractivity contribution in [1.82, 2.24) is 15.2 Å². The molecule has 0 bridgehead atoms. The normalized spacial score (nSPS) is 24.0. The number of methoxy groups -OCH3 is 1. The van der Waals surface area contributed by atoms with Crippen molar-refractivity contribution in [2.24, 2.45) is 5.73 Å². The third kappa shape index (κ3) is 5.29. The third-order valence-electron chi connectivity index (χ3n) is 6.47. The fraction of sp³-hybridized carbons (Fsp3) is 0.591. The topological polar surface area (TPSA) is 120 Å². The Kier molecular flexibility index (Phi) is 7.06. The monoisotopic (exact) mass is 502 g/mol. The zero-order valence-corrected chi connectivity index (χ0v) is 18.9. The van der Waals surface area contributed by atoms with E-state index < -0.39 is 43.1 Å². The molecule has 2 atom stereocenters. The highest BCUT2D eigenvalue weighted by molar-refractivity contribution is 5.81. The smallest absolute Gasteiger partial charge is 0.410 e. The van der Waals surface area contributed by atoms with Gasteiger partial charge in [0.1, 0.15) is 17.7 Å². The first-order valence-electron chi connectivity index (χ1n) is 11.2. The number of nitrogens with two attached hydrogens (primary N) is 1. The van der Waals surface area contributed by atoms with Gasteiger partial charge in [-0.15, -0.1) is 0 Å². The molecule has 4 rings (SSSR count). The Balaban J connectivity index is 1.78. The van der Waals surface area contributed by atoms with Gasteiger partial charge in [0.2, 0.25) is 5.89 Å². The van der Waals surface area contributed by atoms with Gasteiger partial charge in [0.25, 0.3) is 0 Å². The van der Waals surface area contributed by atoms with Crippen molar-refractivity contribution >= 4 is 23.2 Å². The Morgan fingerprint density at radius 1 is 1.31 bits per heavy atom. The minimum atomic E-state index is -4.60. The lowest BCUT2D eigenvalue weighted by Crippen LogP contribution is -2.40. The molecule has 1 aliphatic carbocycles. The fourth-order valence-electron chi connectivity index (χ4n) is 4.85. The molecule has 3 N–H and O–H groups in total. The van der Waals surface area contributed by atoms with Crippen molar-refractivity contribution in [1.29, 1.82) is 0 Å². The van der Waals surface area contributed by atoms with Gasteiger partial charge in [0, 0.05) is 7.11 Å². The van der Waals surface area contributed by atoms with Crippen LogP contribution in [-0.4, -0.2) is 60.7 Å². The number of carbonyl (C=O) groups is 2. The first kappa shape index (κ1) is 25.0. The van der Waals surface area contributed by atoms with Crippen LogP contribution in [0.3, 0.4) is 0 Å². The van der Waals surface area contributed by atoms with Crippen LogP contribution < -0.4 is 11.1 Å². The largest absolute Gasteiger partial charge is 0.440 e. The lowest BCUT2D eigenvalue weighted by atomic mass is 9.79. The number of amides is 3. The second-order valence-corrected chi connectivity index (χ2v) is 8.75. The number of rotatable bonds is 7. The Morgan fingerprint density at radius 3 is 2.63 bits per heavy atom. The number of carbonyl (C=O) groups excluding carboxylic acids is 2. The number of hydrogen-bond acceptors (Lipinski definition) is 6. The van der Waals surface area contributed by atoms with Gasteiger partial charge >= 0.3 is 18.3 Å². The van der Waals surface area contributed by atoms with Gasteiger partial charge in [-0.25, -0.2) is 19.0 Å². The summed E-state index contributed by atoms with van der Waals surface area (Å²) in [6.07, 6.45) is -4.91. The fourth-order valence-corrected chi connectivity index (χ4v) is 4.85. The molecular formula is C22H26F4N4O5. The van der Waals surface area contributed by atoms with E-state index in [0.717, 1.165) is 4.90 Å². The molecule has 192 valence electrons. The number of nitrogens with zero attached hydrogens (tertiary/aromatic N) is 2. The van der Waals surface area contributed by atoms with Gasteiger partial charge in [-0.05, 0) is 48.8 Å². The summed E-state index contributed by atoms with van der Waals surface area (Å²) in [5.41, 5.74) is 7.01. The highest BCUT2D eigenvalue weighted by atomic mass is 19.4. The summed E-state index contributed by atoms with van der Waals surface area (Å²) >= 11 is 0. The van der Waals surface area contributed by atoms with Gasteiger partial charge < -0.3 is 29.8 Å². The Labute approximate surface area is 197 Å². The average molecular weight is 502 g/mol. The highest BCUT2D eigenvalue weighted by Crippen LogP contribution is 2.43. The number of halogens is 4. The van der Waals surface area contributed by atoms with E-state index in [9.17, 15) is 27.2 Å². The van der Waals surface area contributed by atoms with Crippen LogP contribution in [0.5, 0.6) is 0 Å². The zero-order chi connectivity index (χ0) is 25.3. The standard InChI is InChI=1S/C22H26F4N4O5/c1-33-9-14(30-8-16(22(24,25)26)28-21(30)32)13-6-7-15-19(29-17(35-15)10-34-20(27)31)18(13)11-2-4-12(23)5-3-11/h6-7,11-12,14,16H,2-5,8-10H2,1H3,(H2,27,31)(H,28,32)/t11?,12?,14-,16+/m1/s1. The number of oxazole rings is 1. The predicted molar refractivity (Wildman–Crippen MR) is 114 cm³/mol. The van der Waals surface area contributed by atoms with E-state index in [1.54, 1.807) is 12.1 Å². The quantitative estimate of drug-likeness (QED) is 0.551. The predicted octanol–water partition coefficient (Wildman–Crippen LogP) is 4.06. The first-order valence-corrected chi connectivity index (χ1v) is 11.2. The summed E-state index contributed by atoms with van der Waals surface area (Å²) < 4.78 is 69.7. The first-order chi connectivity index (χ1) is 16.6. The summed E-state index contributed by atoms with van der Waals surface area (Å²) in [6, 6.07) is -0.456. The number of alkyl halides is 4. The number of primary amides is 1. The lowest BCUT2D eigenvalue weighted by Gasteiger charge is -2.32. The van der Waals surface area contributed by atoms with E-state index >= 15 is 0 Å². The SMILES string of the molecule is COC[C@H](c1ccc2oc(COC(N)=O)nc2c1C1CCC(F)CC1)N1C[C@@H](C(F)(F)F)NC1=O. The summed E-state index contributed by atoms with van der Waals surface area (Å²) in [4.78, 5) is 29.1. The number of ether oxygens (including phenoxy) is 2. The van der Waals surface area contributed by atoms with Crippen LogP contribution in [0, 0.1) is 0 Å². The molecule has 3 amide bonds. The molecule has 1 aromatic heterocycles. The van der Waals surface area contributed by atoms with E-state index in [0.29, 0.717) is 47.9 Å². The number of hydrogen-bond donors (Lipinski definition) is 2. The van der Waals surface area contributed by atoms with Crippen LogP contribution in [-0.2, 0) is 16.1 Å². The van der Waals surface area contributed by atoms with Crippen molar-refractivity contribution in [2.75, 3.05) is 20.3 Å². The molecule has 13 heteroatoms. The molecule has 1 saturated heterocycles. The van der Waals surface area contributed by atoms with Gasteiger partial charge in [0.15, 0.2) is 12.2 Å². The van der Waals surface area contributed by atoms with Gasteiger partial charge in [-0.1, -0.05) is 6.07 Å². The third-order valence-corrected chi connectivity index (χ3v) is 6.47. The number of urea groups is 1. The number of aromatic nitrogens is 1. The lowest BCUT2D eigenvalue weighted by molar-refractivity contribution is -0.150. The average Bonchev–Trinajstić information content (AvgIpc) is 3.39. The van der Waals surface area contributed by atoms with E-state index in [1.807, 2.05) is 5.32 Å². The Morgan fingerprint density at radius 2 is 2.03 bits per heavy atom. The van der Waals surface area contributed by atoms with Crippen LogP contribution in [0.4, 0.5) is 27.2 Å². The summed E-state index contributed by atoms with van der Waals surface area (Å²) in [5, 5.41) is 1.99. The van der Waals surface area contributed by atoms with E-state index in [4.69, 9.17) is 19.6 Å². The van der Waals surface area contributed by atoms with Crippen molar-refractivity contribution < 1.29 is 41.0 Å². The molecule has 0 radical (unpaired) electrons.